The SMILES string of the molecule is C=C(CC)CC(NN)C1CC2CC2C1. The van der Waals surface area contributed by atoms with E-state index in [4.69, 9.17) is 5.84 Å². The van der Waals surface area contributed by atoms with Crippen LogP contribution in [0.3, 0.4) is 0 Å². The molecule has 0 aromatic carbocycles. The second-order valence-corrected chi connectivity index (χ2v) is 5.07. The van der Waals surface area contributed by atoms with E-state index in [1.807, 2.05) is 0 Å². The number of nitrogens with one attached hydrogen (secondary N) is 1. The van der Waals surface area contributed by atoms with Crippen molar-refractivity contribution in [2.24, 2.45) is 23.6 Å². The molecule has 0 aromatic rings. The van der Waals surface area contributed by atoms with Crippen molar-refractivity contribution in [1.82, 2.24) is 5.43 Å². The highest BCUT2D eigenvalue weighted by Gasteiger charge is 2.47. The highest BCUT2D eigenvalue weighted by atomic mass is 15.2. The second kappa shape index (κ2) is 4.03. The molecule has 2 rings (SSSR count). The average Bonchev–Trinajstić information content (AvgIpc) is 2.82. The topological polar surface area (TPSA) is 38.0 Å². The van der Waals surface area contributed by atoms with Crippen molar-refractivity contribution < 1.29 is 0 Å². The first-order valence-corrected chi connectivity index (χ1v) is 5.87. The Hall–Kier alpha value is -0.340. The van der Waals surface area contributed by atoms with Crippen LogP contribution >= 0.6 is 0 Å². The summed E-state index contributed by atoms with van der Waals surface area (Å²) in [4.78, 5) is 0. The van der Waals surface area contributed by atoms with Crippen LogP contribution in [0.2, 0.25) is 0 Å². The Balaban J connectivity index is 1.83. The smallest absolute Gasteiger partial charge is 0.0275 e. The van der Waals surface area contributed by atoms with Crippen LogP contribution in [0.25, 0.3) is 0 Å². The number of hydrogen-bond donors (Lipinski definition) is 2. The van der Waals surface area contributed by atoms with Gasteiger partial charge in [0.1, 0.15) is 0 Å². The molecule has 0 radical (unpaired) electrons. The highest BCUT2D eigenvalue weighted by molar-refractivity contribution is 5.03. The van der Waals surface area contributed by atoms with Gasteiger partial charge in [-0.15, -0.1) is 0 Å². The normalized spacial score (nSPS) is 36.6. The molecule has 0 heterocycles. The molecule has 2 aliphatic carbocycles. The van der Waals surface area contributed by atoms with Crippen LogP contribution in [-0.4, -0.2) is 6.04 Å². The monoisotopic (exact) mass is 194 g/mol. The van der Waals surface area contributed by atoms with Gasteiger partial charge in [0.05, 0.1) is 0 Å². The van der Waals surface area contributed by atoms with E-state index in [0.717, 1.165) is 30.6 Å². The Morgan fingerprint density at radius 1 is 1.43 bits per heavy atom. The summed E-state index contributed by atoms with van der Waals surface area (Å²) in [6, 6.07) is 0.482. The van der Waals surface area contributed by atoms with Crippen LogP contribution in [0.4, 0.5) is 0 Å². The van der Waals surface area contributed by atoms with Crippen molar-refractivity contribution in [3.05, 3.63) is 12.2 Å². The van der Waals surface area contributed by atoms with Gasteiger partial charge < -0.3 is 0 Å². The molecule has 80 valence electrons. The fraction of sp³-hybridized carbons (Fsp3) is 0.833. The Labute approximate surface area is 86.9 Å². The lowest BCUT2D eigenvalue weighted by Crippen LogP contribution is -2.40. The number of rotatable bonds is 5. The standard InChI is InChI=1S/C12H22N2/c1-3-8(2)4-12(14-13)11-6-9-5-10(9)7-11/h9-12,14H,2-7,13H2,1H3. The highest BCUT2D eigenvalue weighted by Crippen LogP contribution is 2.55. The fourth-order valence-electron chi connectivity index (χ4n) is 2.91. The molecular weight excluding hydrogens is 172 g/mol. The van der Waals surface area contributed by atoms with E-state index in [-0.39, 0.29) is 0 Å². The first kappa shape index (κ1) is 10.2. The molecule has 0 aliphatic heterocycles. The Morgan fingerprint density at radius 2 is 2.07 bits per heavy atom. The van der Waals surface area contributed by atoms with E-state index in [9.17, 15) is 0 Å². The first-order valence-electron chi connectivity index (χ1n) is 5.87. The van der Waals surface area contributed by atoms with Gasteiger partial charge in [0.25, 0.3) is 0 Å². The molecule has 3 N–H and O–H groups in total. The summed E-state index contributed by atoms with van der Waals surface area (Å²) in [6.07, 6.45) is 6.43. The summed E-state index contributed by atoms with van der Waals surface area (Å²) in [5, 5.41) is 0. The van der Waals surface area contributed by atoms with E-state index in [1.54, 1.807) is 0 Å². The first-order chi connectivity index (χ1) is 6.74. The number of nitrogens with two attached hydrogens (primary N) is 1. The summed E-state index contributed by atoms with van der Waals surface area (Å²) >= 11 is 0. The zero-order valence-corrected chi connectivity index (χ0v) is 9.13. The Morgan fingerprint density at radius 3 is 2.57 bits per heavy atom. The quantitative estimate of drug-likeness (QED) is 0.400. The van der Waals surface area contributed by atoms with Gasteiger partial charge in [-0.2, -0.15) is 0 Å². The van der Waals surface area contributed by atoms with Gasteiger partial charge in [-0.1, -0.05) is 19.1 Å². The summed E-state index contributed by atoms with van der Waals surface area (Å²) in [7, 11) is 0. The van der Waals surface area contributed by atoms with E-state index < -0.39 is 0 Å². The summed E-state index contributed by atoms with van der Waals surface area (Å²) < 4.78 is 0. The van der Waals surface area contributed by atoms with Crippen molar-refractivity contribution in [3.8, 4) is 0 Å². The lowest BCUT2D eigenvalue weighted by Gasteiger charge is -2.24. The molecule has 3 unspecified atom stereocenters. The maximum atomic E-state index is 5.62. The van der Waals surface area contributed by atoms with E-state index in [2.05, 4.69) is 18.9 Å². The Kier molecular flexibility index (Phi) is 2.93. The Bertz CT molecular complexity index is 214. The molecule has 0 spiro atoms. The molecule has 2 saturated carbocycles. The molecule has 0 amide bonds. The van der Waals surface area contributed by atoms with Gasteiger partial charge >= 0.3 is 0 Å². The van der Waals surface area contributed by atoms with Crippen molar-refractivity contribution in [1.29, 1.82) is 0 Å². The molecule has 14 heavy (non-hydrogen) atoms. The van der Waals surface area contributed by atoms with Crippen LogP contribution in [0.1, 0.15) is 39.0 Å². The molecule has 0 aromatic heterocycles. The summed E-state index contributed by atoms with van der Waals surface area (Å²) in [6.45, 7) is 6.24. The predicted molar refractivity (Wildman–Crippen MR) is 59.5 cm³/mol. The summed E-state index contributed by atoms with van der Waals surface area (Å²) in [5.41, 5.74) is 4.32. The summed E-state index contributed by atoms with van der Waals surface area (Å²) in [5.74, 6) is 8.53. The predicted octanol–water partition coefficient (Wildman–Crippen LogP) is 2.22. The molecule has 0 bridgehead atoms. The van der Waals surface area contributed by atoms with Crippen LogP contribution in [0.15, 0.2) is 12.2 Å². The van der Waals surface area contributed by atoms with E-state index in [1.165, 1.54) is 24.8 Å². The average molecular weight is 194 g/mol. The van der Waals surface area contributed by atoms with Gasteiger partial charge in [-0.3, -0.25) is 11.3 Å². The molecule has 2 fully saturated rings. The van der Waals surface area contributed by atoms with Gasteiger partial charge in [0.15, 0.2) is 0 Å². The number of fused-ring (bicyclic) bond motifs is 1. The van der Waals surface area contributed by atoms with Crippen molar-refractivity contribution >= 4 is 0 Å². The maximum absolute atomic E-state index is 5.62. The van der Waals surface area contributed by atoms with Gasteiger partial charge in [0.2, 0.25) is 0 Å². The lowest BCUT2D eigenvalue weighted by molar-refractivity contribution is 0.334. The van der Waals surface area contributed by atoms with Crippen molar-refractivity contribution in [2.75, 3.05) is 0 Å². The fourth-order valence-corrected chi connectivity index (χ4v) is 2.91. The van der Waals surface area contributed by atoms with Crippen LogP contribution in [-0.2, 0) is 0 Å². The zero-order valence-electron chi connectivity index (χ0n) is 9.13. The number of hydrazine groups is 1. The lowest BCUT2D eigenvalue weighted by atomic mass is 9.90. The molecular formula is C12H22N2. The van der Waals surface area contributed by atoms with E-state index in [0.29, 0.717) is 6.04 Å². The van der Waals surface area contributed by atoms with Crippen molar-refractivity contribution in [2.45, 2.75) is 45.1 Å². The zero-order chi connectivity index (χ0) is 10.1. The van der Waals surface area contributed by atoms with Crippen LogP contribution < -0.4 is 11.3 Å². The van der Waals surface area contributed by atoms with Crippen LogP contribution in [0, 0.1) is 17.8 Å². The third-order valence-electron chi connectivity index (χ3n) is 4.07. The minimum Gasteiger partial charge on any atom is -0.271 e. The third-order valence-corrected chi connectivity index (χ3v) is 4.07. The minimum atomic E-state index is 0.482. The molecule has 2 aliphatic rings. The molecule has 0 saturated heterocycles. The number of hydrogen-bond acceptors (Lipinski definition) is 2. The third kappa shape index (κ3) is 2.01. The minimum absolute atomic E-state index is 0.482. The maximum Gasteiger partial charge on any atom is 0.0275 e. The van der Waals surface area contributed by atoms with Gasteiger partial charge in [-0.05, 0) is 49.9 Å². The van der Waals surface area contributed by atoms with E-state index >= 15 is 0 Å². The molecule has 2 nitrogen and oxygen atoms in total. The van der Waals surface area contributed by atoms with Gasteiger partial charge in [-0.25, -0.2) is 0 Å². The largest absolute Gasteiger partial charge is 0.271 e. The van der Waals surface area contributed by atoms with Crippen molar-refractivity contribution in [3.63, 3.8) is 0 Å². The van der Waals surface area contributed by atoms with Crippen LogP contribution in [0.5, 0.6) is 0 Å². The second-order valence-electron chi connectivity index (χ2n) is 5.07. The van der Waals surface area contributed by atoms with Gasteiger partial charge in [0, 0.05) is 6.04 Å². The molecule has 2 heteroatoms. The molecule has 3 atom stereocenters.